The third-order valence-electron chi connectivity index (χ3n) is 6.39. The summed E-state index contributed by atoms with van der Waals surface area (Å²) < 4.78 is 5.45. The first-order valence-electron chi connectivity index (χ1n) is 11.4. The first-order chi connectivity index (χ1) is 15.1. The van der Waals surface area contributed by atoms with Crippen LogP contribution in [-0.2, 0) is 4.79 Å². The van der Waals surface area contributed by atoms with Crippen molar-refractivity contribution in [3.63, 3.8) is 0 Å². The molecule has 0 spiro atoms. The minimum atomic E-state index is -0.792. The second-order valence-corrected chi connectivity index (χ2v) is 8.65. The fourth-order valence-electron chi connectivity index (χ4n) is 4.74. The van der Waals surface area contributed by atoms with Crippen molar-refractivity contribution in [2.45, 2.75) is 70.4 Å². The number of hydrogen-bond donors (Lipinski definition) is 1. The van der Waals surface area contributed by atoms with Gasteiger partial charge in [0.15, 0.2) is 5.76 Å². The van der Waals surface area contributed by atoms with Gasteiger partial charge in [0, 0.05) is 29.7 Å². The number of nitrogens with one attached hydrogen (secondary N) is 1. The van der Waals surface area contributed by atoms with Gasteiger partial charge in [-0.15, -0.1) is 0 Å². The number of carbonyl (C=O) groups is 2. The minimum Gasteiger partial charge on any atom is -0.459 e. The summed E-state index contributed by atoms with van der Waals surface area (Å²) in [7, 11) is 0. The quantitative estimate of drug-likeness (QED) is 0.711. The summed E-state index contributed by atoms with van der Waals surface area (Å²) in [5.74, 6) is -0.0385. The van der Waals surface area contributed by atoms with Crippen molar-refractivity contribution in [3.8, 4) is 0 Å². The number of hydrogen-bond acceptors (Lipinski definition) is 4. The Bertz CT molecular complexity index is 901. The van der Waals surface area contributed by atoms with E-state index < -0.39 is 6.04 Å². The van der Waals surface area contributed by atoms with E-state index in [1.54, 1.807) is 29.4 Å². The van der Waals surface area contributed by atoms with E-state index in [9.17, 15) is 9.59 Å². The first kappa shape index (κ1) is 21.3. The molecule has 2 amide bonds. The molecule has 2 aromatic heterocycles. The lowest BCUT2D eigenvalue weighted by Crippen LogP contribution is -2.47. The molecule has 0 radical (unpaired) electrons. The van der Waals surface area contributed by atoms with Crippen LogP contribution in [0, 0.1) is 5.92 Å². The number of aromatic nitrogens is 1. The van der Waals surface area contributed by atoms with Gasteiger partial charge in [0.25, 0.3) is 5.91 Å². The zero-order valence-corrected chi connectivity index (χ0v) is 18.1. The number of nitrogens with zero attached hydrogens (tertiary/aromatic N) is 2. The van der Waals surface area contributed by atoms with Crippen molar-refractivity contribution in [1.82, 2.24) is 15.2 Å². The van der Waals surface area contributed by atoms with Gasteiger partial charge in [-0.3, -0.25) is 19.5 Å². The van der Waals surface area contributed by atoms with Crippen LogP contribution in [-0.4, -0.2) is 27.7 Å². The molecule has 1 saturated carbocycles. The molecule has 2 heterocycles. The lowest BCUT2D eigenvalue weighted by Gasteiger charge is -2.37. The van der Waals surface area contributed by atoms with E-state index in [1.807, 2.05) is 12.1 Å². The van der Waals surface area contributed by atoms with Gasteiger partial charge in [0.05, 0.1) is 6.26 Å². The van der Waals surface area contributed by atoms with Crippen LogP contribution in [0.2, 0.25) is 0 Å². The molecule has 31 heavy (non-hydrogen) atoms. The Kier molecular flexibility index (Phi) is 6.85. The van der Waals surface area contributed by atoms with E-state index in [1.165, 1.54) is 12.7 Å². The van der Waals surface area contributed by atoms with Gasteiger partial charge in [-0.05, 0) is 56.2 Å². The molecule has 0 unspecified atom stereocenters. The average molecular weight is 422 g/mol. The van der Waals surface area contributed by atoms with Crippen LogP contribution in [0.25, 0.3) is 0 Å². The van der Waals surface area contributed by atoms with Crippen molar-refractivity contribution < 1.29 is 14.0 Å². The molecular formula is C25H31N3O3. The lowest BCUT2D eigenvalue weighted by molar-refractivity contribution is -0.126. The molecule has 2 aliphatic carbocycles. The highest BCUT2D eigenvalue weighted by atomic mass is 16.3. The standard InChI is InChI=1S/C25H31N3O3/c1-18-9-5-6-13-21(18)28(25(30)22-14-8-16-31-22)23(19-10-7-15-26-17-19)24(29)27-20-11-3-2-4-12-20/h7-8,10,13-18,20,23H,2-6,9,11-12H2,1H3,(H,27,29)/t18-,23-/m1/s1. The van der Waals surface area contributed by atoms with Gasteiger partial charge < -0.3 is 9.73 Å². The van der Waals surface area contributed by atoms with E-state index in [-0.39, 0.29) is 29.5 Å². The molecule has 164 valence electrons. The summed E-state index contributed by atoms with van der Waals surface area (Å²) >= 11 is 0. The molecule has 0 saturated heterocycles. The van der Waals surface area contributed by atoms with Crippen LogP contribution in [0.1, 0.15) is 80.5 Å². The van der Waals surface area contributed by atoms with Crippen molar-refractivity contribution in [3.05, 3.63) is 66.0 Å². The van der Waals surface area contributed by atoms with Crippen molar-refractivity contribution in [2.75, 3.05) is 0 Å². The number of rotatable bonds is 6. The molecule has 1 N–H and O–H groups in total. The molecule has 0 aromatic carbocycles. The summed E-state index contributed by atoms with van der Waals surface area (Å²) in [4.78, 5) is 33.2. The molecule has 2 atom stereocenters. The third-order valence-corrected chi connectivity index (χ3v) is 6.39. The van der Waals surface area contributed by atoms with E-state index in [0.717, 1.165) is 50.6 Å². The Hall–Kier alpha value is -2.89. The fourth-order valence-corrected chi connectivity index (χ4v) is 4.74. The topological polar surface area (TPSA) is 75.4 Å². The van der Waals surface area contributed by atoms with Crippen LogP contribution >= 0.6 is 0 Å². The second kappa shape index (κ2) is 9.94. The number of carbonyl (C=O) groups excluding carboxylic acids is 2. The Morgan fingerprint density at radius 2 is 1.97 bits per heavy atom. The average Bonchev–Trinajstić information content (AvgIpc) is 3.34. The molecule has 2 aliphatic rings. The Morgan fingerprint density at radius 1 is 1.13 bits per heavy atom. The highest BCUT2D eigenvalue weighted by molar-refractivity contribution is 5.97. The number of amides is 2. The SMILES string of the molecule is C[C@@H]1CCCC=C1N(C(=O)c1ccco1)[C@@H](C(=O)NC1CCCCC1)c1cccnc1. The molecule has 6 nitrogen and oxygen atoms in total. The Balaban J connectivity index is 1.74. The molecule has 6 heteroatoms. The van der Waals surface area contributed by atoms with Crippen LogP contribution < -0.4 is 5.32 Å². The van der Waals surface area contributed by atoms with Gasteiger partial charge in [-0.1, -0.05) is 38.3 Å². The normalized spacial score (nSPS) is 20.5. The smallest absolute Gasteiger partial charge is 0.294 e. The van der Waals surface area contributed by atoms with Gasteiger partial charge in [-0.2, -0.15) is 0 Å². The first-order valence-corrected chi connectivity index (χ1v) is 11.4. The van der Waals surface area contributed by atoms with E-state index in [0.29, 0.717) is 5.56 Å². The predicted octanol–water partition coefficient (Wildman–Crippen LogP) is 5.01. The zero-order valence-electron chi connectivity index (χ0n) is 18.1. The maximum Gasteiger partial charge on any atom is 0.294 e. The largest absolute Gasteiger partial charge is 0.459 e. The van der Waals surface area contributed by atoms with E-state index in [4.69, 9.17) is 4.42 Å². The van der Waals surface area contributed by atoms with Crippen LogP contribution in [0.15, 0.2) is 59.1 Å². The molecule has 1 fully saturated rings. The summed E-state index contributed by atoms with van der Waals surface area (Å²) in [5.41, 5.74) is 1.59. The predicted molar refractivity (Wildman–Crippen MR) is 118 cm³/mol. The van der Waals surface area contributed by atoms with Gasteiger partial charge in [0.2, 0.25) is 5.91 Å². The van der Waals surface area contributed by atoms with Crippen LogP contribution in [0.3, 0.4) is 0 Å². The lowest BCUT2D eigenvalue weighted by atomic mass is 9.90. The van der Waals surface area contributed by atoms with Gasteiger partial charge in [0.1, 0.15) is 6.04 Å². The van der Waals surface area contributed by atoms with Crippen molar-refractivity contribution in [1.29, 1.82) is 0 Å². The van der Waals surface area contributed by atoms with Gasteiger partial charge >= 0.3 is 0 Å². The Labute approximate surface area is 183 Å². The zero-order chi connectivity index (χ0) is 21.6. The highest BCUT2D eigenvalue weighted by Gasteiger charge is 2.38. The summed E-state index contributed by atoms with van der Waals surface area (Å²) in [5, 5.41) is 3.23. The van der Waals surface area contributed by atoms with E-state index >= 15 is 0 Å². The Morgan fingerprint density at radius 3 is 2.65 bits per heavy atom. The molecule has 4 rings (SSSR count). The molecule has 0 aliphatic heterocycles. The monoisotopic (exact) mass is 421 g/mol. The van der Waals surface area contributed by atoms with E-state index in [2.05, 4.69) is 23.3 Å². The van der Waals surface area contributed by atoms with Crippen molar-refractivity contribution in [2.24, 2.45) is 5.92 Å². The number of pyridine rings is 1. The fraction of sp³-hybridized carbons (Fsp3) is 0.480. The third kappa shape index (κ3) is 4.89. The minimum absolute atomic E-state index is 0.152. The summed E-state index contributed by atoms with van der Waals surface area (Å²) in [6.07, 6.45) is 15.3. The number of allylic oxidation sites excluding steroid dienone is 2. The molecular weight excluding hydrogens is 390 g/mol. The van der Waals surface area contributed by atoms with Gasteiger partial charge in [-0.25, -0.2) is 0 Å². The van der Waals surface area contributed by atoms with Crippen LogP contribution in [0.4, 0.5) is 0 Å². The van der Waals surface area contributed by atoms with Crippen molar-refractivity contribution >= 4 is 11.8 Å². The van der Waals surface area contributed by atoms with Crippen LogP contribution in [0.5, 0.6) is 0 Å². The maximum absolute atomic E-state index is 13.7. The summed E-state index contributed by atoms with van der Waals surface area (Å²) in [6, 6.07) is 6.39. The molecule has 0 bridgehead atoms. The molecule has 2 aromatic rings. The second-order valence-electron chi connectivity index (χ2n) is 8.65. The maximum atomic E-state index is 13.7. The summed E-state index contributed by atoms with van der Waals surface area (Å²) in [6.45, 7) is 2.12. The number of furan rings is 1. The highest BCUT2D eigenvalue weighted by Crippen LogP contribution is 2.35.